The first kappa shape index (κ1) is 19.6. The first-order chi connectivity index (χ1) is 13.9. The van der Waals surface area contributed by atoms with Gasteiger partial charge in [0.1, 0.15) is 5.75 Å². The molecule has 0 aromatic heterocycles. The molecule has 5 atom stereocenters. The lowest BCUT2D eigenvalue weighted by atomic mass is 9.85. The number of hydrogen-bond acceptors (Lipinski definition) is 6. The van der Waals surface area contributed by atoms with Gasteiger partial charge in [0, 0.05) is 0 Å². The topological polar surface area (TPSA) is 85.3 Å². The molecule has 4 rings (SSSR count). The van der Waals surface area contributed by atoms with E-state index >= 15 is 0 Å². The maximum absolute atomic E-state index is 12.6. The monoisotopic (exact) mass is 416 g/mol. The van der Waals surface area contributed by atoms with Gasteiger partial charge < -0.3 is 9.47 Å². The molecule has 152 valence electrons. The van der Waals surface area contributed by atoms with Crippen molar-refractivity contribution in [2.45, 2.75) is 26.4 Å². The number of imide groups is 1. The molecule has 3 aliphatic rings. The Morgan fingerprint density at radius 3 is 2.52 bits per heavy atom. The Hall–Kier alpha value is -2.67. The largest absolute Gasteiger partial charge is 0.477 e. The third-order valence-corrected chi connectivity index (χ3v) is 5.94. The maximum Gasteiger partial charge on any atom is 0.347 e. The third kappa shape index (κ3) is 3.44. The molecule has 2 fully saturated rings. The fourth-order valence-electron chi connectivity index (χ4n) is 4.32. The molecule has 2 amide bonds. The SMILES string of the molecule is CCOC(=O)[C@@H](C)Oc1ccc(C=NN2C(=O)[C@@H]3[C@H](C2=O)[C@H]2C=C[C@H]3C2)cc1Cl. The van der Waals surface area contributed by atoms with Crippen LogP contribution in [0.1, 0.15) is 25.8 Å². The number of halogens is 1. The molecular weight excluding hydrogens is 396 g/mol. The van der Waals surface area contributed by atoms with Crippen molar-refractivity contribution in [1.29, 1.82) is 0 Å². The summed E-state index contributed by atoms with van der Waals surface area (Å²) in [6.45, 7) is 3.56. The second kappa shape index (κ2) is 7.63. The first-order valence-corrected chi connectivity index (χ1v) is 10.0. The second-order valence-electron chi connectivity index (χ2n) is 7.43. The van der Waals surface area contributed by atoms with Gasteiger partial charge in [0.15, 0.2) is 6.10 Å². The highest BCUT2D eigenvalue weighted by molar-refractivity contribution is 6.32. The number of esters is 1. The van der Waals surface area contributed by atoms with Crippen molar-refractivity contribution < 1.29 is 23.9 Å². The lowest BCUT2D eigenvalue weighted by Crippen LogP contribution is -2.28. The Morgan fingerprint density at radius 1 is 1.28 bits per heavy atom. The zero-order valence-electron chi connectivity index (χ0n) is 16.1. The fourth-order valence-corrected chi connectivity index (χ4v) is 4.55. The Morgan fingerprint density at radius 2 is 1.93 bits per heavy atom. The van der Waals surface area contributed by atoms with Gasteiger partial charge in [-0.05, 0) is 55.9 Å². The summed E-state index contributed by atoms with van der Waals surface area (Å²) in [5.41, 5.74) is 0.602. The van der Waals surface area contributed by atoms with E-state index in [1.165, 1.54) is 6.21 Å². The summed E-state index contributed by atoms with van der Waals surface area (Å²) in [5.74, 6) is -0.881. The minimum Gasteiger partial charge on any atom is -0.477 e. The van der Waals surface area contributed by atoms with E-state index < -0.39 is 12.1 Å². The predicted molar refractivity (Wildman–Crippen MR) is 105 cm³/mol. The van der Waals surface area contributed by atoms with Crippen molar-refractivity contribution in [3.63, 3.8) is 0 Å². The highest BCUT2D eigenvalue weighted by Crippen LogP contribution is 2.52. The van der Waals surface area contributed by atoms with E-state index in [0.717, 1.165) is 11.4 Å². The fraction of sp³-hybridized carbons (Fsp3) is 0.429. The van der Waals surface area contributed by atoms with Crippen molar-refractivity contribution in [1.82, 2.24) is 5.01 Å². The van der Waals surface area contributed by atoms with Crippen molar-refractivity contribution in [3.05, 3.63) is 40.9 Å². The van der Waals surface area contributed by atoms with Gasteiger partial charge in [-0.1, -0.05) is 23.8 Å². The number of benzene rings is 1. The number of ether oxygens (including phenoxy) is 2. The molecule has 8 heteroatoms. The quantitative estimate of drug-likeness (QED) is 0.308. The van der Waals surface area contributed by atoms with Crippen LogP contribution in [0.2, 0.25) is 5.02 Å². The summed E-state index contributed by atoms with van der Waals surface area (Å²) < 4.78 is 10.4. The molecule has 1 saturated heterocycles. The van der Waals surface area contributed by atoms with Crippen LogP contribution < -0.4 is 4.74 Å². The number of allylic oxidation sites excluding steroid dienone is 2. The van der Waals surface area contributed by atoms with Crippen LogP contribution in [0.3, 0.4) is 0 Å². The van der Waals surface area contributed by atoms with E-state index in [4.69, 9.17) is 21.1 Å². The second-order valence-corrected chi connectivity index (χ2v) is 7.84. The van der Waals surface area contributed by atoms with E-state index in [1.807, 2.05) is 12.2 Å². The predicted octanol–water partition coefficient (Wildman–Crippen LogP) is 2.81. The number of fused-ring (bicyclic) bond motifs is 5. The van der Waals surface area contributed by atoms with E-state index in [1.54, 1.807) is 32.0 Å². The molecule has 29 heavy (non-hydrogen) atoms. The molecular formula is C21H21ClN2O5. The van der Waals surface area contributed by atoms with Crippen LogP contribution in [-0.4, -0.2) is 41.7 Å². The molecule has 7 nitrogen and oxygen atoms in total. The molecule has 0 N–H and O–H groups in total. The number of carbonyl (C=O) groups is 3. The first-order valence-electron chi connectivity index (χ1n) is 9.63. The van der Waals surface area contributed by atoms with Gasteiger partial charge in [-0.15, -0.1) is 0 Å². The van der Waals surface area contributed by atoms with Crippen LogP contribution in [0.5, 0.6) is 5.75 Å². The highest BCUT2D eigenvalue weighted by atomic mass is 35.5. The van der Waals surface area contributed by atoms with Gasteiger partial charge >= 0.3 is 5.97 Å². The maximum atomic E-state index is 12.6. The number of hydrazone groups is 1. The summed E-state index contributed by atoms with van der Waals surface area (Å²) >= 11 is 6.24. The molecule has 2 bridgehead atoms. The standard InChI is InChI=1S/C21H21ClN2O5/c1-3-28-21(27)11(2)29-16-7-4-12(8-15(16)22)10-23-24-19(25)17-13-5-6-14(9-13)18(17)20(24)26/h4-8,10-11,13-14,17-18H,3,9H2,1-2H3/t11-,13+,14+,17-,18+/m1/s1. The summed E-state index contributed by atoms with van der Waals surface area (Å²) in [4.78, 5) is 37.0. The molecule has 2 aliphatic carbocycles. The van der Waals surface area contributed by atoms with Gasteiger partial charge in [-0.3, -0.25) is 9.59 Å². The van der Waals surface area contributed by atoms with Gasteiger partial charge in [-0.2, -0.15) is 10.1 Å². The number of nitrogens with zero attached hydrogens (tertiary/aromatic N) is 2. The molecule has 1 aliphatic heterocycles. The third-order valence-electron chi connectivity index (χ3n) is 5.65. The Balaban J connectivity index is 1.44. The molecule has 1 aromatic rings. The summed E-state index contributed by atoms with van der Waals surface area (Å²) in [5, 5.41) is 5.40. The molecule has 0 radical (unpaired) electrons. The van der Waals surface area contributed by atoms with Gasteiger partial charge in [0.25, 0.3) is 11.8 Å². The minimum absolute atomic E-state index is 0.147. The smallest absolute Gasteiger partial charge is 0.347 e. The number of rotatable bonds is 6. The van der Waals surface area contributed by atoms with Crippen molar-refractivity contribution in [2.24, 2.45) is 28.8 Å². The van der Waals surface area contributed by atoms with E-state index in [0.29, 0.717) is 11.3 Å². The van der Waals surface area contributed by atoms with E-state index in [-0.39, 0.29) is 47.1 Å². The average molecular weight is 417 g/mol. The summed E-state index contributed by atoms with van der Waals surface area (Å²) in [6, 6.07) is 4.88. The van der Waals surface area contributed by atoms with Crippen LogP contribution in [0.25, 0.3) is 0 Å². The number of amides is 2. The van der Waals surface area contributed by atoms with E-state index in [2.05, 4.69) is 5.10 Å². The number of carbonyl (C=O) groups excluding carboxylic acids is 3. The Bertz CT molecular complexity index is 898. The van der Waals surface area contributed by atoms with E-state index in [9.17, 15) is 14.4 Å². The molecule has 0 spiro atoms. The zero-order valence-corrected chi connectivity index (χ0v) is 16.8. The zero-order chi connectivity index (χ0) is 20.7. The lowest BCUT2D eigenvalue weighted by Gasteiger charge is -2.14. The molecule has 1 heterocycles. The van der Waals surface area contributed by atoms with Crippen LogP contribution in [-0.2, 0) is 19.1 Å². The Labute approximate surface area is 173 Å². The van der Waals surface area contributed by atoms with Crippen LogP contribution in [0, 0.1) is 23.7 Å². The van der Waals surface area contributed by atoms with Crippen molar-refractivity contribution in [2.75, 3.05) is 6.61 Å². The number of hydrogen-bond donors (Lipinski definition) is 0. The van der Waals surface area contributed by atoms with Crippen LogP contribution in [0.4, 0.5) is 0 Å². The molecule has 0 unspecified atom stereocenters. The lowest BCUT2D eigenvalue weighted by molar-refractivity contribution is -0.150. The average Bonchev–Trinajstić information content (AvgIpc) is 3.37. The van der Waals surface area contributed by atoms with Gasteiger partial charge in [0.05, 0.1) is 29.7 Å². The molecule has 1 saturated carbocycles. The van der Waals surface area contributed by atoms with Crippen LogP contribution >= 0.6 is 11.6 Å². The summed E-state index contributed by atoms with van der Waals surface area (Å²) in [6.07, 6.45) is 5.60. The minimum atomic E-state index is -0.796. The van der Waals surface area contributed by atoms with Crippen molar-refractivity contribution in [3.8, 4) is 5.75 Å². The molecule has 1 aromatic carbocycles. The van der Waals surface area contributed by atoms with Gasteiger partial charge in [0.2, 0.25) is 0 Å². The van der Waals surface area contributed by atoms with Gasteiger partial charge in [-0.25, -0.2) is 4.79 Å². The normalized spacial score (nSPS) is 28.3. The summed E-state index contributed by atoms with van der Waals surface area (Å²) in [7, 11) is 0. The highest BCUT2D eigenvalue weighted by Gasteiger charge is 2.59. The van der Waals surface area contributed by atoms with Crippen LogP contribution in [0.15, 0.2) is 35.5 Å². The van der Waals surface area contributed by atoms with Crippen molar-refractivity contribution >= 4 is 35.6 Å². The Kier molecular flexibility index (Phi) is 5.17.